The first-order chi connectivity index (χ1) is 10.1. The molecule has 3 nitrogen and oxygen atoms in total. The van der Waals surface area contributed by atoms with Crippen LogP contribution in [0, 0.1) is 5.82 Å². The summed E-state index contributed by atoms with van der Waals surface area (Å²) in [7, 11) is 4.13. The molecule has 4 heteroatoms. The molecule has 1 aromatic carbocycles. The van der Waals surface area contributed by atoms with Gasteiger partial charge in [-0.15, -0.1) is 0 Å². The third-order valence-corrected chi connectivity index (χ3v) is 5.39. The lowest BCUT2D eigenvalue weighted by molar-refractivity contribution is 0.254. The first-order valence-corrected chi connectivity index (χ1v) is 8.04. The van der Waals surface area contributed by atoms with Gasteiger partial charge in [0.15, 0.2) is 0 Å². The Hall–Kier alpha value is -1.13. The molecule has 3 unspecified atom stereocenters. The number of fused-ring (bicyclic) bond motifs is 2. The van der Waals surface area contributed by atoms with Gasteiger partial charge in [0.1, 0.15) is 5.82 Å². The first kappa shape index (κ1) is 14.8. The van der Waals surface area contributed by atoms with Crippen LogP contribution in [0.1, 0.15) is 37.8 Å². The Morgan fingerprint density at radius 3 is 2.76 bits per heavy atom. The minimum absolute atomic E-state index is 0.0272. The molecular weight excluding hydrogens is 265 g/mol. The molecule has 0 amide bonds. The highest BCUT2D eigenvalue weighted by Gasteiger charge is 2.35. The minimum atomic E-state index is -0.0999. The van der Waals surface area contributed by atoms with Crippen molar-refractivity contribution in [1.82, 2.24) is 10.2 Å². The van der Waals surface area contributed by atoms with E-state index in [9.17, 15) is 4.39 Å². The van der Waals surface area contributed by atoms with Crippen molar-refractivity contribution in [3.05, 3.63) is 29.6 Å². The van der Waals surface area contributed by atoms with Crippen LogP contribution in [0.15, 0.2) is 18.2 Å². The maximum absolute atomic E-state index is 14.3. The first-order valence-electron chi connectivity index (χ1n) is 8.04. The lowest BCUT2D eigenvalue weighted by Gasteiger charge is -2.31. The molecule has 21 heavy (non-hydrogen) atoms. The predicted octanol–water partition coefficient (Wildman–Crippen LogP) is 2.78. The summed E-state index contributed by atoms with van der Waals surface area (Å²) in [5.41, 5.74) is 1.87. The van der Waals surface area contributed by atoms with Crippen molar-refractivity contribution >= 4 is 5.69 Å². The van der Waals surface area contributed by atoms with Crippen LogP contribution in [0.3, 0.4) is 0 Å². The van der Waals surface area contributed by atoms with Crippen molar-refractivity contribution in [2.45, 2.75) is 44.3 Å². The summed E-state index contributed by atoms with van der Waals surface area (Å²) < 4.78 is 14.3. The molecule has 0 aromatic heterocycles. The Bertz CT molecular complexity index is 505. The third kappa shape index (κ3) is 2.67. The van der Waals surface area contributed by atoms with E-state index in [-0.39, 0.29) is 11.9 Å². The third-order valence-electron chi connectivity index (χ3n) is 5.39. The van der Waals surface area contributed by atoms with E-state index in [1.54, 1.807) is 6.07 Å². The van der Waals surface area contributed by atoms with Crippen LogP contribution in [0.25, 0.3) is 0 Å². The Kier molecular flexibility index (Phi) is 4.18. The molecule has 0 saturated carbocycles. The van der Waals surface area contributed by atoms with E-state index in [0.29, 0.717) is 12.1 Å². The molecule has 2 saturated heterocycles. The van der Waals surface area contributed by atoms with Crippen LogP contribution in [-0.4, -0.2) is 44.2 Å². The molecular formula is C17H26FN3. The van der Waals surface area contributed by atoms with Crippen LogP contribution in [0.5, 0.6) is 0 Å². The zero-order chi connectivity index (χ0) is 15.0. The van der Waals surface area contributed by atoms with Crippen LogP contribution in [-0.2, 0) is 0 Å². The molecule has 1 N–H and O–H groups in total. The quantitative estimate of drug-likeness (QED) is 0.924. The summed E-state index contributed by atoms with van der Waals surface area (Å²) in [5.74, 6) is -0.0999. The summed E-state index contributed by atoms with van der Waals surface area (Å²) >= 11 is 0. The average molecular weight is 291 g/mol. The van der Waals surface area contributed by atoms with Gasteiger partial charge in [0.05, 0.1) is 0 Å². The van der Waals surface area contributed by atoms with Crippen molar-refractivity contribution < 1.29 is 4.39 Å². The van der Waals surface area contributed by atoms with Gasteiger partial charge in [-0.2, -0.15) is 0 Å². The number of anilines is 1. The van der Waals surface area contributed by atoms with Gasteiger partial charge in [0, 0.05) is 42.5 Å². The maximum Gasteiger partial charge on any atom is 0.130 e. The summed E-state index contributed by atoms with van der Waals surface area (Å²) in [6, 6.07) is 6.83. The molecule has 2 fully saturated rings. The number of hydrogen-bond acceptors (Lipinski definition) is 3. The fourth-order valence-electron chi connectivity index (χ4n) is 3.90. The molecule has 2 aliphatic heterocycles. The minimum Gasteiger partial charge on any atom is -0.370 e. The van der Waals surface area contributed by atoms with Gasteiger partial charge in [-0.25, -0.2) is 4.39 Å². The molecule has 116 valence electrons. The lowest BCUT2D eigenvalue weighted by Crippen LogP contribution is -2.37. The zero-order valence-corrected chi connectivity index (χ0v) is 13.3. The zero-order valence-electron chi connectivity index (χ0n) is 13.3. The highest BCUT2D eigenvalue weighted by atomic mass is 19.1. The molecule has 2 aliphatic rings. The van der Waals surface area contributed by atoms with E-state index in [2.05, 4.69) is 28.2 Å². The number of nitrogens with zero attached hydrogens (tertiary/aromatic N) is 2. The molecule has 0 aliphatic carbocycles. The van der Waals surface area contributed by atoms with Gasteiger partial charge in [-0.3, -0.25) is 4.90 Å². The SMILES string of the molecule is CNC(C)c1c(F)cccc1N1CCC2CCC(C1)N2C. The number of benzene rings is 1. The van der Waals surface area contributed by atoms with Gasteiger partial charge >= 0.3 is 0 Å². The Balaban J connectivity index is 1.92. The van der Waals surface area contributed by atoms with Crippen molar-refractivity contribution in [3.8, 4) is 0 Å². The standard InChI is InChI=1S/C17H26FN3/c1-12(19-2)17-15(18)5-4-6-16(17)21-10-9-13-7-8-14(11-21)20(13)3/h4-6,12-14,19H,7-11H2,1-3H3. The van der Waals surface area contributed by atoms with Gasteiger partial charge in [-0.1, -0.05) is 6.07 Å². The average Bonchev–Trinajstić information content (AvgIpc) is 2.71. The molecule has 2 heterocycles. The van der Waals surface area contributed by atoms with E-state index in [1.165, 1.54) is 19.3 Å². The van der Waals surface area contributed by atoms with Gasteiger partial charge in [-0.05, 0) is 52.4 Å². The highest BCUT2D eigenvalue weighted by Crippen LogP contribution is 2.34. The largest absolute Gasteiger partial charge is 0.370 e. The van der Waals surface area contributed by atoms with Crippen LogP contribution >= 0.6 is 0 Å². The molecule has 1 aromatic rings. The van der Waals surface area contributed by atoms with E-state index >= 15 is 0 Å². The van der Waals surface area contributed by atoms with E-state index in [0.717, 1.165) is 24.3 Å². The Morgan fingerprint density at radius 1 is 1.24 bits per heavy atom. The van der Waals surface area contributed by atoms with Gasteiger partial charge in [0.2, 0.25) is 0 Å². The fraction of sp³-hybridized carbons (Fsp3) is 0.647. The number of nitrogens with one attached hydrogen (secondary N) is 1. The molecule has 3 rings (SSSR count). The lowest BCUT2D eigenvalue weighted by atomic mass is 10.0. The Labute approximate surface area is 127 Å². The number of rotatable bonds is 3. The molecule has 2 bridgehead atoms. The highest BCUT2D eigenvalue weighted by molar-refractivity contribution is 5.56. The number of likely N-dealkylation sites (N-methyl/N-ethyl adjacent to an activating group) is 1. The normalized spacial score (nSPS) is 27.7. The van der Waals surface area contributed by atoms with Gasteiger partial charge in [0.25, 0.3) is 0 Å². The van der Waals surface area contributed by atoms with Crippen LogP contribution in [0.2, 0.25) is 0 Å². The topological polar surface area (TPSA) is 18.5 Å². The second kappa shape index (κ2) is 5.93. The summed E-state index contributed by atoms with van der Waals surface area (Å²) in [6.45, 7) is 4.07. The van der Waals surface area contributed by atoms with Crippen molar-refractivity contribution in [2.75, 3.05) is 32.1 Å². The summed E-state index contributed by atoms with van der Waals surface area (Å²) in [6.07, 6.45) is 3.76. The maximum atomic E-state index is 14.3. The van der Waals surface area contributed by atoms with E-state index in [1.807, 2.05) is 20.0 Å². The van der Waals surface area contributed by atoms with Crippen molar-refractivity contribution in [3.63, 3.8) is 0 Å². The van der Waals surface area contributed by atoms with Crippen LogP contribution < -0.4 is 10.2 Å². The predicted molar refractivity (Wildman–Crippen MR) is 85.3 cm³/mol. The fourth-order valence-corrected chi connectivity index (χ4v) is 3.90. The van der Waals surface area contributed by atoms with E-state index in [4.69, 9.17) is 0 Å². The second-order valence-corrected chi connectivity index (χ2v) is 6.47. The second-order valence-electron chi connectivity index (χ2n) is 6.47. The van der Waals surface area contributed by atoms with Gasteiger partial charge < -0.3 is 10.2 Å². The Morgan fingerprint density at radius 2 is 2.00 bits per heavy atom. The summed E-state index contributed by atoms with van der Waals surface area (Å²) in [4.78, 5) is 4.92. The molecule has 0 spiro atoms. The smallest absolute Gasteiger partial charge is 0.130 e. The number of halogens is 1. The summed E-state index contributed by atoms with van der Waals surface area (Å²) in [5, 5.41) is 3.18. The molecule has 3 atom stereocenters. The van der Waals surface area contributed by atoms with E-state index < -0.39 is 0 Å². The van der Waals surface area contributed by atoms with Crippen molar-refractivity contribution in [2.24, 2.45) is 0 Å². The van der Waals surface area contributed by atoms with Crippen molar-refractivity contribution in [1.29, 1.82) is 0 Å². The van der Waals surface area contributed by atoms with Crippen LogP contribution in [0.4, 0.5) is 10.1 Å². The monoisotopic (exact) mass is 291 g/mol. The number of hydrogen-bond donors (Lipinski definition) is 1. The molecule has 0 radical (unpaired) electrons.